The molecule has 106 valence electrons. The van der Waals surface area contributed by atoms with Crippen molar-refractivity contribution in [3.8, 4) is 0 Å². The molecular formula is C14H24N4O. The average Bonchev–Trinajstić information content (AvgIpc) is 2.70. The Balaban J connectivity index is 2.16. The zero-order chi connectivity index (χ0) is 13.8. The number of aryl methyl sites for hydroxylation is 2. The Morgan fingerprint density at radius 3 is 2.89 bits per heavy atom. The van der Waals surface area contributed by atoms with Crippen LogP contribution < -0.4 is 11.1 Å². The van der Waals surface area contributed by atoms with Crippen molar-refractivity contribution in [2.45, 2.75) is 58.5 Å². The molecule has 0 saturated carbocycles. The van der Waals surface area contributed by atoms with Gasteiger partial charge in [0.2, 0.25) is 5.91 Å². The summed E-state index contributed by atoms with van der Waals surface area (Å²) in [4.78, 5) is 16.2. The standard InChI is InChI=1S/C14H24N4O/c1-3-8-16-12(14(15)19)9-18-10(2)17-11-6-4-5-7-13(11)18/h12,16H,3-9H2,1-2H3,(H2,15,19). The van der Waals surface area contributed by atoms with Crippen LogP contribution >= 0.6 is 0 Å². The van der Waals surface area contributed by atoms with Crippen molar-refractivity contribution >= 4 is 5.91 Å². The van der Waals surface area contributed by atoms with Gasteiger partial charge >= 0.3 is 0 Å². The van der Waals surface area contributed by atoms with E-state index >= 15 is 0 Å². The minimum atomic E-state index is -0.307. The van der Waals surface area contributed by atoms with Gasteiger partial charge in [0.15, 0.2) is 0 Å². The van der Waals surface area contributed by atoms with Crippen molar-refractivity contribution in [2.24, 2.45) is 5.73 Å². The minimum Gasteiger partial charge on any atom is -0.368 e. The van der Waals surface area contributed by atoms with Crippen LogP contribution in [0.25, 0.3) is 0 Å². The van der Waals surface area contributed by atoms with Gasteiger partial charge in [-0.3, -0.25) is 4.79 Å². The molecule has 1 aromatic heterocycles. The fourth-order valence-electron chi connectivity index (χ4n) is 2.73. The fraction of sp³-hybridized carbons (Fsp3) is 0.714. The molecule has 3 N–H and O–H groups in total. The van der Waals surface area contributed by atoms with E-state index in [1.165, 1.54) is 24.2 Å². The van der Waals surface area contributed by atoms with Gasteiger partial charge in [-0.1, -0.05) is 6.92 Å². The predicted octanol–water partition coefficient (Wildman–Crippen LogP) is 0.924. The summed E-state index contributed by atoms with van der Waals surface area (Å²) < 4.78 is 2.17. The van der Waals surface area contributed by atoms with Crippen LogP contribution in [0.1, 0.15) is 43.4 Å². The van der Waals surface area contributed by atoms with Crippen molar-refractivity contribution in [1.82, 2.24) is 14.9 Å². The molecule has 0 fully saturated rings. The monoisotopic (exact) mass is 264 g/mol. The summed E-state index contributed by atoms with van der Waals surface area (Å²) >= 11 is 0. The van der Waals surface area contributed by atoms with Gasteiger partial charge in [0.1, 0.15) is 11.9 Å². The molecule has 0 spiro atoms. The van der Waals surface area contributed by atoms with Gasteiger partial charge in [-0.05, 0) is 45.6 Å². The molecule has 0 aliphatic heterocycles. The van der Waals surface area contributed by atoms with Gasteiger partial charge < -0.3 is 15.6 Å². The number of amides is 1. The molecule has 2 rings (SSSR count). The Morgan fingerprint density at radius 1 is 1.47 bits per heavy atom. The van der Waals surface area contributed by atoms with E-state index in [0.29, 0.717) is 6.54 Å². The van der Waals surface area contributed by atoms with Gasteiger partial charge in [0, 0.05) is 12.2 Å². The number of hydrogen-bond acceptors (Lipinski definition) is 3. The molecule has 1 aliphatic carbocycles. The number of rotatable bonds is 6. The van der Waals surface area contributed by atoms with Crippen LogP contribution in [0, 0.1) is 6.92 Å². The van der Waals surface area contributed by atoms with E-state index in [2.05, 4.69) is 21.8 Å². The van der Waals surface area contributed by atoms with Crippen LogP contribution in [0.2, 0.25) is 0 Å². The fourth-order valence-corrected chi connectivity index (χ4v) is 2.73. The molecule has 0 aromatic carbocycles. The Bertz CT molecular complexity index is 453. The van der Waals surface area contributed by atoms with Crippen molar-refractivity contribution in [3.63, 3.8) is 0 Å². The SMILES string of the molecule is CCCNC(Cn1c(C)nc2c1CCCC2)C(N)=O. The maximum absolute atomic E-state index is 11.5. The second-order valence-electron chi connectivity index (χ2n) is 5.28. The van der Waals surface area contributed by atoms with Crippen molar-refractivity contribution in [3.05, 3.63) is 17.2 Å². The Labute approximate surface area is 114 Å². The maximum Gasteiger partial charge on any atom is 0.236 e. The first-order valence-corrected chi connectivity index (χ1v) is 7.21. The number of carbonyl (C=O) groups is 1. The Morgan fingerprint density at radius 2 is 2.21 bits per heavy atom. The van der Waals surface area contributed by atoms with Crippen LogP contribution in [-0.2, 0) is 24.2 Å². The first-order valence-electron chi connectivity index (χ1n) is 7.21. The van der Waals surface area contributed by atoms with E-state index in [4.69, 9.17) is 5.73 Å². The summed E-state index contributed by atoms with van der Waals surface area (Å²) in [6.07, 6.45) is 5.55. The average molecular weight is 264 g/mol. The Kier molecular flexibility index (Phi) is 4.58. The molecule has 5 heteroatoms. The quantitative estimate of drug-likeness (QED) is 0.802. The Hall–Kier alpha value is -1.36. The molecule has 1 amide bonds. The number of primary amides is 1. The normalized spacial score (nSPS) is 16.1. The van der Waals surface area contributed by atoms with E-state index in [1.807, 2.05) is 6.92 Å². The zero-order valence-electron chi connectivity index (χ0n) is 11.9. The number of nitrogens with two attached hydrogens (primary N) is 1. The smallest absolute Gasteiger partial charge is 0.236 e. The molecule has 19 heavy (non-hydrogen) atoms. The second kappa shape index (κ2) is 6.19. The van der Waals surface area contributed by atoms with Crippen molar-refractivity contribution in [2.75, 3.05) is 6.54 Å². The van der Waals surface area contributed by atoms with Crippen LogP contribution in [0.3, 0.4) is 0 Å². The topological polar surface area (TPSA) is 72.9 Å². The van der Waals surface area contributed by atoms with E-state index in [1.54, 1.807) is 0 Å². The molecule has 0 radical (unpaired) electrons. The van der Waals surface area contributed by atoms with Crippen LogP contribution in [0.5, 0.6) is 0 Å². The van der Waals surface area contributed by atoms with Gasteiger partial charge in [-0.15, -0.1) is 0 Å². The molecule has 0 saturated heterocycles. The lowest BCUT2D eigenvalue weighted by Crippen LogP contribution is -2.45. The van der Waals surface area contributed by atoms with Crippen LogP contribution in [0.4, 0.5) is 0 Å². The molecule has 1 aromatic rings. The maximum atomic E-state index is 11.5. The highest BCUT2D eigenvalue weighted by molar-refractivity contribution is 5.79. The van der Waals surface area contributed by atoms with E-state index < -0.39 is 0 Å². The number of imidazole rings is 1. The van der Waals surface area contributed by atoms with Crippen LogP contribution in [0.15, 0.2) is 0 Å². The van der Waals surface area contributed by atoms with Gasteiger partial charge in [0.05, 0.1) is 5.69 Å². The molecule has 5 nitrogen and oxygen atoms in total. The van der Waals surface area contributed by atoms with E-state index in [9.17, 15) is 4.79 Å². The number of nitrogens with zero attached hydrogens (tertiary/aromatic N) is 2. The number of nitrogens with one attached hydrogen (secondary N) is 1. The lowest BCUT2D eigenvalue weighted by Gasteiger charge is -2.20. The largest absolute Gasteiger partial charge is 0.368 e. The third-order valence-corrected chi connectivity index (χ3v) is 3.77. The van der Waals surface area contributed by atoms with Gasteiger partial charge in [-0.2, -0.15) is 0 Å². The van der Waals surface area contributed by atoms with Gasteiger partial charge in [-0.25, -0.2) is 4.98 Å². The molecule has 1 unspecified atom stereocenters. The van der Waals surface area contributed by atoms with E-state index in [-0.39, 0.29) is 11.9 Å². The highest BCUT2D eigenvalue weighted by atomic mass is 16.1. The van der Waals surface area contributed by atoms with Crippen LogP contribution in [-0.4, -0.2) is 28.0 Å². The predicted molar refractivity (Wildman–Crippen MR) is 74.9 cm³/mol. The summed E-state index contributed by atoms with van der Waals surface area (Å²) in [6.45, 7) is 5.50. The van der Waals surface area contributed by atoms with E-state index in [0.717, 1.165) is 31.6 Å². The summed E-state index contributed by atoms with van der Waals surface area (Å²) in [5.41, 5.74) is 8.00. The molecule has 1 aliphatic rings. The first-order chi connectivity index (χ1) is 9.13. The summed E-state index contributed by atoms with van der Waals surface area (Å²) in [5.74, 6) is 0.711. The minimum absolute atomic E-state index is 0.286. The summed E-state index contributed by atoms with van der Waals surface area (Å²) in [6, 6.07) is -0.307. The number of fused-ring (bicyclic) bond motifs is 1. The number of aromatic nitrogens is 2. The summed E-state index contributed by atoms with van der Waals surface area (Å²) in [5, 5.41) is 3.22. The lowest BCUT2D eigenvalue weighted by molar-refractivity contribution is -0.120. The zero-order valence-corrected chi connectivity index (χ0v) is 11.9. The molecule has 1 atom stereocenters. The molecule has 1 heterocycles. The number of carbonyl (C=O) groups excluding carboxylic acids is 1. The van der Waals surface area contributed by atoms with Crippen molar-refractivity contribution < 1.29 is 4.79 Å². The third kappa shape index (κ3) is 3.15. The second-order valence-corrected chi connectivity index (χ2v) is 5.28. The molecular weight excluding hydrogens is 240 g/mol. The van der Waals surface area contributed by atoms with Gasteiger partial charge in [0.25, 0.3) is 0 Å². The summed E-state index contributed by atoms with van der Waals surface area (Å²) in [7, 11) is 0. The highest BCUT2D eigenvalue weighted by Crippen LogP contribution is 2.22. The lowest BCUT2D eigenvalue weighted by atomic mass is 10.0. The highest BCUT2D eigenvalue weighted by Gasteiger charge is 2.22. The number of hydrogen-bond donors (Lipinski definition) is 2. The third-order valence-electron chi connectivity index (χ3n) is 3.77. The first kappa shape index (κ1) is 14.1. The molecule has 0 bridgehead atoms. The van der Waals surface area contributed by atoms with Crippen molar-refractivity contribution in [1.29, 1.82) is 0 Å².